The average Bonchev–Trinajstić information content (AvgIpc) is 2.26. The molecule has 0 radical (unpaired) electrons. The molecular weight excluding hydrogens is 190 g/mol. The molecule has 15 heavy (non-hydrogen) atoms. The first-order valence-electron chi connectivity index (χ1n) is 5.19. The molecule has 1 rings (SSSR count). The molecule has 0 aromatic heterocycles. The fraction of sp³-hybridized carbons (Fsp3) is 0.417. The molecular formula is C12H17NO2. The van der Waals surface area contributed by atoms with Gasteiger partial charge in [0, 0.05) is 6.04 Å². The van der Waals surface area contributed by atoms with E-state index in [1.165, 1.54) is 0 Å². The van der Waals surface area contributed by atoms with Gasteiger partial charge in [0.05, 0.1) is 5.56 Å². The summed E-state index contributed by atoms with van der Waals surface area (Å²) in [5.41, 5.74) is 1.39. The first-order chi connectivity index (χ1) is 7.19. The second kappa shape index (κ2) is 5.51. The summed E-state index contributed by atoms with van der Waals surface area (Å²) in [5, 5.41) is 12.1. The first-order valence-corrected chi connectivity index (χ1v) is 5.19. The van der Waals surface area contributed by atoms with Crippen LogP contribution in [-0.4, -0.2) is 18.1 Å². The third kappa shape index (κ3) is 3.06. The highest BCUT2D eigenvalue weighted by molar-refractivity contribution is 5.87. The van der Waals surface area contributed by atoms with E-state index in [-0.39, 0.29) is 6.04 Å². The molecule has 0 fully saturated rings. The molecule has 2 N–H and O–H groups in total. The molecule has 0 aliphatic heterocycles. The maximum absolute atomic E-state index is 10.8. The van der Waals surface area contributed by atoms with Gasteiger partial charge in [0.1, 0.15) is 0 Å². The summed E-state index contributed by atoms with van der Waals surface area (Å²) < 4.78 is 0. The second-order valence-corrected chi connectivity index (χ2v) is 3.56. The highest BCUT2D eigenvalue weighted by Gasteiger charge is 2.10. The van der Waals surface area contributed by atoms with Crippen molar-refractivity contribution in [2.75, 3.05) is 7.05 Å². The van der Waals surface area contributed by atoms with Gasteiger partial charge in [-0.3, -0.25) is 0 Å². The predicted octanol–water partition coefficient (Wildman–Crippen LogP) is 2.45. The summed E-state index contributed by atoms with van der Waals surface area (Å²) in [6.07, 6.45) is 2.09. The molecule has 0 amide bonds. The van der Waals surface area contributed by atoms with Crippen LogP contribution in [0.2, 0.25) is 0 Å². The van der Waals surface area contributed by atoms with E-state index in [1.807, 2.05) is 13.1 Å². The molecule has 3 nitrogen and oxygen atoms in total. The summed E-state index contributed by atoms with van der Waals surface area (Å²) in [7, 11) is 1.90. The van der Waals surface area contributed by atoms with Gasteiger partial charge in [-0.1, -0.05) is 25.5 Å². The Bertz CT molecular complexity index is 336. The van der Waals surface area contributed by atoms with Crippen LogP contribution in [0.4, 0.5) is 0 Å². The van der Waals surface area contributed by atoms with Crippen LogP contribution in [0.15, 0.2) is 24.3 Å². The lowest BCUT2D eigenvalue weighted by atomic mass is 10.0. The Morgan fingerprint density at radius 3 is 2.80 bits per heavy atom. The Kier molecular flexibility index (Phi) is 4.31. The van der Waals surface area contributed by atoms with Crippen molar-refractivity contribution in [2.24, 2.45) is 0 Å². The Hall–Kier alpha value is -1.35. The van der Waals surface area contributed by atoms with E-state index in [2.05, 4.69) is 12.2 Å². The molecule has 0 bridgehead atoms. The predicted molar refractivity (Wildman–Crippen MR) is 60.1 cm³/mol. The number of aromatic carboxylic acids is 1. The van der Waals surface area contributed by atoms with Crippen molar-refractivity contribution in [3.63, 3.8) is 0 Å². The summed E-state index contributed by atoms with van der Waals surface area (Å²) in [6, 6.07) is 7.35. The maximum atomic E-state index is 10.8. The van der Waals surface area contributed by atoms with Gasteiger partial charge in [-0.25, -0.2) is 4.79 Å². The fourth-order valence-electron chi connectivity index (χ4n) is 1.65. The lowest BCUT2D eigenvalue weighted by Gasteiger charge is -2.15. The standard InChI is InChI=1S/C12H17NO2/c1-3-5-11(13-2)9-6-4-7-10(8-9)12(14)15/h4,6-8,11,13H,3,5H2,1-2H3,(H,14,15). The van der Waals surface area contributed by atoms with Crippen molar-refractivity contribution in [1.29, 1.82) is 0 Å². The molecule has 0 saturated carbocycles. The fourth-order valence-corrected chi connectivity index (χ4v) is 1.65. The van der Waals surface area contributed by atoms with Gasteiger partial charge in [-0.2, -0.15) is 0 Å². The molecule has 0 aliphatic carbocycles. The molecule has 1 aromatic carbocycles. The van der Waals surface area contributed by atoms with Crippen molar-refractivity contribution < 1.29 is 9.90 Å². The Morgan fingerprint density at radius 1 is 1.53 bits per heavy atom. The normalized spacial score (nSPS) is 12.4. The van der Waals surface area contributed by atoms with Crippen molar-refractivity contribution >= 4 is 5.97 Å². The topological polar surface area (TPSA) is 49.3 Å². The highest BCUT2D eigenvalue weighted by atomic mass is 16.4. The molecule has 0 spiro atoms. The van der Waals surface area contributed by atoms with Crippen molar-refractivity contribution in [3.8, 4) is 0 Å². The van der Waals surface area contributed by atoms with Gasteiger partial charge < -0.3 is 10.4 Å². The molecule has 1 unspecified atom stereocenters. The summed E-state index contributed by atoms with van der Waals surface area (Å²) in [6.45, 7) is 2.12. The minimum absolute atomic E-state index is 0.245. The van der Waals surface area contributed by atoms with Gasteiger partial charge in [0.15, 0.2) is 0 Å². The van der Waals surface area contributed by atoms with Crippen LogP contribution in [0.25, 0.3) is 0 Å². The highest BCUT2D eigenvalue weighted by Crippen LogP contribution is 2.19. The summed E-state index contributed by atoms with van der Waals surface area (Å²) in [4.78, 5) is 10.8. The number of nitrogens with one attached hydrogen (secondary N) is 1. The van der Waals surface area contributed by atoms with Crippen LogP contribution in [0, 0.1) is 0 Å². The molecule has 3 heteroatoms. The van der Waals surface area contributed by atoms with Crippen molar-refractivity contribution in [1.82, 2.24) is 5.32 Å². The van der Waals surface area contributed by atoms with E-state index in [1.54, 1.807) is 18.2 Å². The van der Waals surface area contributed by atoms with E-state index in [0.717, 1.165) is 18.4 Å². The number of benzene rings is 1. The molecule has 1 atom stereocenters. The van der Waals surface area contributed by atoms with Crippen LogP contribution < -0.4 is 5.32 Å². The van der Waals surface area contributed by atoms with E-state index in [9.17, 15) is 4.79 Å². The zero-order valence-corrected chi connectivity index (χ0v) is 9.16. The zero-order chi connectivity index (χ0) is 11.3. The van der Waals surface area contributed by atoms with Crippen molar-refractivity contribution in [3.05, 3.63) is 35.4 Å². The summed E-state index contributed by atoms with van der Waals surface area (Å²) in [5.74, 6) is -0.872. The van der Waals surface area contributed by atoms with Crippen LogP contribution in [0.5, 0.6) is 0 Å². The van der Waals surface area contributed by atoms with Crippen LogP contribution >= 0.6 is 0 Å². The van der Waals surface area contributed by atoms with Gasteiger partial charge >= 0.3 is 5.97 Å². The van der Waals surface area contributed by atoms with E-state index in [0.29, 0.717) is 5.56 Å². The number of carboxylic acids is 1. The Labute approximate surface area is 90.1 Å². The Balaban J connectivity index is 2.92. The van der Waals surface area contributed by atoms with Crippen LogP contribution in [-0.2, 0) is 0 Å². The van der Waals surface area contributed by atoms with Gasteiger partial charge in [0.2, 0.25) is 0 Å². The van der Waals surface area contributed by atoms with E-state index >= 15 is 0 Å². The molecule has 82 valence electrons. The van der Waals surface area contributed by atoms with E-state index < -0.39 is 5.97 Å². The maximum Gasteiger partial charge on any atom is 0.335 e. The number of hydrogen-bond acceptors (Lipinski definition) is 2. The van der Waals surface area contributed by atoms with Gasteiger partial charge in [-0.15, -0.1) is 0 Å². The first kappa shape index (κ1) is 11.7. The van der Waals surface area contributed by atoms with Crippen LogP contribution in [0.3, 0.4) is 0 Å². The smallest absolute Gasteiger partial charge is 0.335 e. The third-order valence-electron chi connectivity index (χ3n) is 2.46. The molecule has 1 aromatic rings. The minimum Gasteiger partial charge on any atom is -0.478 e. The minimum atomic E-state index is -0.872. The second-order valence-electron chi connectivity index (χ2n) is 3.56. The number of carboxylic acid groups (broad SMARTS) is 1. The molecule has 0 saturated heterocycles. The monoisotopic (exact) mass is 207 g/mol. The quantitative estimate of drug-likeness (QED) is 0.779. The zero-order valence-electron chi connectivity index (χ0n) is 9.16. The van der Waals surface area contributed by atoms with Crippen molar-refractivity contribution in [2.45, 2.75) is 25.8 Å². The SMILES string of the molecule is CCCC(NC)c1cccc(C(=O)O)c1. The lowest BCUT2D eigenvalue weighted by Crippen LogP contribution is -2.16. The van der Waals surface area contributed by atoms with Crippen LogP contribution in [0.1, 0.15) is 41.7 Å². The lowest BCUT2D eigenvalue weighted by molar-refractivity contribution is 0.0696. The average molecular weight is 207 g/mol. The number of rotatable bonds is 5. The van der Waals surface area contributed by atoms with Gasteiger partial charge in [-0.05, 0) is 31.2 Å². The summed E-state index contributed by atoms with van der Waals surface area (Å²) >= 11 is 0. The third-order valence-corrected chi connectivity index (χ3v) is 2.46. The Morgan fingerprint density at radius 2 is 2.27 bits per heavy atom. The number of hydrogen-bond donors (Lipinski definition) is 2. The molecule has 0 heterocycles. The largest absolute Gasteiger partial charge is 0.478 e. The molecule has 0 aliphatic rings. The van der Waals surface area contributed by atoms with Gasteiger partial charge in [0.25, 0.3) is 0 Å². The number of carbonyl (C=O) groups is 1. The van der Waals surface area contributed by atoms with E-state index in [4.69, 9.17) is 5.11 Å².